The summed E-state index contributed by atoms with van der Waals surface area (Å²) in [6.07, 6.45) is 3.69. The molecule has 0 spiro atoms. The Morgan fingerprint density at radius 1 is 1.33 bits per heavy atom. The molecule has 2 rings (SSSR count). The van der Waals surface area contributed by atoms with Crippen LogP contribution in [0.15, 0.2) is 30.3 Å². The van der Waals surface area contributed by atoms with Gasteiger partial charge in [-0.2, -0.15) is 0 Å². The van der Waals surface area contributed by atoms with Crippen LogP contribution in [-0.4, -0.2) is 23.0 Å². The van der Waals surface area contributed by atoms with Crippen molar-refractivity contribution in [3.05, 3.63) is 35.9 Å². The van der Waals surface area contributed by atoms with E-state index in [1.807, 2.05) is 25.1 Å². The summed E-state index contributed by atoms with van der Waals surface area (Å²) < 4.78 is 0. The third-order valence-corrected chi connectivity index (χ3v) is 4.08. The van der Waals surface area contributed by atoms with E-state index in [0.29, 0.717) is 24.7 Å². The summed E-state index contributed by atoms with van der Waals surface area (Å²) in [5.41, 5.74) is 1.27. The largest absolute Gasteiger partial charge is 0.480 e. The Morgan fingerprint density at radius 2 is 2.05 bits per heavy atom. The molecule has 4 nitrogen and oxygen atoms in total. The van der Waals surface area contributed by atoms with Gasteiger partial charge in [0.2, 0.25) is 5.91 Å². The fourth-order valence-electron chi connectivity index (χ4n) is 2.74. The van der Waals surface area contributed by atoms with E-state index in [-0.39, 0.29) is 5.91 Å². The van der Waals surface area contributed by atoms with Crippen LogP contribution < -0.4 is 5.32 Å². The van der Waals surface area contributed by atoms with Gasteiger partial charge in [0.1, 0.15) is 6.04 Å². The second-order valence-corrected chi connectivity index (χ2v) is 5.82. The highest BCUT2D eigenvalue weighted by molar-refractivity contribution is 5.83. The molecule has 0 aliphatic heterocycles. The smallest absolute Gasteiger partial charge is 0.326 e. The minimum atomic E-state index is -0.938. The van der Waals surface area contributed by atoms with Crippen LogP contribution >= 0.6 is 0 Å². The molecule has 0 saturated heterocycles. The molecule has 2 N–H and O–H groups in total. The number of nitrogens with one attached hydrogen (secondary N) is 1. The Kier molecular flexibility index (Phi) is 5.37. The molecule has 0 radical (unpaired) electrons. The first kappa shape index (κ1) is 15.5. The standard InChI is InChI=1S/C17H23NO3/c1-2-3-9-15(17(20)21)18-16(19)11-13-10-14(13)12-7-5-4-6-8-12/h4-8,13-15H,2-3,9-11H2,1H3,(H,18,19)(H,20,21)/t13-,14-,15?/m0/s1. The van der Waals surface area contributed by atoms with E-state index in [4.69, 9.17) is 5.11 Å². The van der Waals surface area contributed by atoms with Gasteiger partial charge < -0.3 is 10.4 Å². The minimum absolute atomic E-state index is 0.137. The van der Waals surface area contributed by atoms with Gasteiger partial charge in [0.15, 0.2) is 0 Å². The lowest BCUT2D eigenvalue weighted by Gasteiger charge is -2.14. The number of amides is 1. The Bertz CT molecular complexity index is 486. The first-order chi connectivity index (χ1) is 10.1. The summed E-state index contributed by atoms with van der Waals surface area (Å²) >= 11 is 0. The summed E-state index contributed by atoms with van der Waals surface area (Å²) in [6.45, 7) is 2.01. The lowest BCUT2D eigenvalue weighted by molar-refractivity contribution is -0.142. The highest BCUT2D eigenvalue weighted by Crippen LogP contribution is 2.49. The van der Waals surface area contributed by atoms with Crippen molar-refractivity contribution in [2.24, 2.45) is 5.92 Å². The number of carboxylic acid groups (broad SMARTS) is 1. The minimum Gasteiger partial charge on any atom is -0.480 e. The lowest BCUT2D eigenvalue weighted by Crippen LogP contribution is -2.40. The molecular formula is C17H23NO3. The summed E-state index contributed by atoms with van der Waals surface area (Å²) in [7, 11) is 0. The van der Waals surface area contributed by atoms with E-state index >= 15 is 0 Å². The molecule has 1 amide bonds. The van der Waals surface area contributed by atoms with Crippen LogP contribution in [-0.2, 0) is 9.59 Å². The molecule has 3 atom stereocenters. The van der Waals surface area contributed by atoms with Crippen molar-refractivity contribution in [1.29, 1.82) is 0 Å². The van der Waals surface area contributed by atoms with Crippen LogP contribution in [0.5, 0.6) is 0 Å². The summed E-state index contributed by atoms with van der Waals surface area (Å²) in [5, 5.41) is 11.8. The van der Waals surface area contributed by atoms with E-state index in [9.17, 15) is 9.59 Å². The molecule has 4 heteroatoms. The van der Waals surface area contributed by atoms with Gasteiger partial charge in [0.25, 0.3) is 0 Å². The number of carbonyl (C=O) groups excluding carboxylic acids is 1. The van der Waals surface area contributed by atoms with Gasteiger partial charge >= 0.3 is 5.97 Å². The number of carbonyl (C=O) groups is 2. The fourth-order valence-corrected chi connectivity index (χ4v) is 2.74. The van der Waals surface area contributed by atoms with E-state index in [0.717, 1.165) is 19.3 Å². The predicted octanol–water partition coefficient (Wildman–Crippen LogP) is 2.94. The predicted molar refractivity (Wildman–Crippen MR) is 81.0 cm³/mol. The molecule has 1 aliphatic carbocycles. The molecule has 1 saturated carbocycles. The average molecular weight is 289 g/mol. The zero-order valence-corrected chi connectivity index (χ0v) is 12.4. The van der Waals surface area contributed by atoms with E-state index in [2.05, 4.69) is 17.4 Å². The molecule has 21 heavy (non-hydrogen) atoms. The number of benzene rings is 1. The van der Waals surface area contributed by atoms with Crippen molar-refractivity contribution in [2.75, 3.05) is 0 Å². The summed E-state index contributed by atoms with van der Waals surface area (Å²) in [6, 6.07) is 9.43. The van der Waals surface area contributed by atoms with Gasteiger partial charge in [-0.05, 0) is 30.2 Å². The zero-order valence-electron chi connectivity index (χ0n) is 12.4. The topological polar surface area (TPSA) is 66.4 Å². The van der Waals surface area contributed by atoms with Gasteiger partial charge in [-0.25, -0.2) is 4.79 Å². The monoisotopic (exact) mass is 289 g/mol. The van der Waals surface area contributed by atoms with Crippen LogP contribution in [0, 0.1) is 5.92 Å². The van der Waals surface area contributed by atoms with Crippen molar-refractivity contribution >= 4 is 11.9 Å². The maximum absolute atomic E-state index is 12.0. The van der Waals surface area contributed by atoms with Crippen LogP contribution in [0.2, 0.25) is 0 Å². The Balaban J connectivity index is 1.79. The molecule has 1 fully saturated rings. The van der Waals surface area contributed by atoms with Crippen LogP contribution in [0.1, 0.15) is 50.5 Å². The lowest BCUT2D eigenvalue weighted by atomic mass is 10.1. The van der Waals surface area contributed by atoms with Gasteiger partial charge in [-0.3, -0.25) is 4.79 Å². The highest BCUT2D eigenvalue weighted by Gasteiger charge is 2.39. The number of unbranched alkanes of at least 4 members (excludes halogenated alkanes) is 1. The van der Waals surface area contributed by atoms with E-state index in [1.54, 1.807) is 0 Å². The number of aliphatic carboxylic acids is 1. The van der Waals surface area contributed by atoms with Gasteiger partial charge in [-0.1, -0.05) is 50.1 Å². The van der Waals surface area contributed by atoms with Gasteiger partial charge in [0.05, 0.1) is 0 Å². The zero-order chi connectivity index (χ0) is 15.2. The van der Waals surface area contributed by atoms with Crippen molar-refractivity contribution in [1.82, 2.24) is 5.32 Å². The molecule has 0 aromatic heterocycles. The van der Waals surface area contributed by atoms with Gasteiger partial charge in [-0.15, -0.1) is 0 Å². The first-order valence-electron chi connectivity index (χ1n) is 7.69. The summed E-state index contributed by atoms with van der Waals surface area (Å²) in [5.74, 6) is -0.266. The number of carboxylic acids is 1. The fraction of sp³-hybridized carbons (Fsp3) is 0.529. The third kappa shape index (κ3) is 4.59. The SMILES string of the molecule is CCCCC(NC(=O)C[C@@H]1C[C@H]1c1ccccc1)C(=O)O. The molecule has 0 heterocycles. The molecule has 1 unspecified atom stereocenters. The number of hydrogen-bond donors (Lipinski definition) is 2. The van der Waals surface area contributed by atoms with E-state index < -0.39 is 12.0 Å². The molecular weight excluding hydrogens is 266 g/mol. The van der Waals surface area contributed by atoms with Crippen LogP contribution in [0.25, 0.3) is 0 Å². The Morgan fingerprint density at radius 3 is 2.67 bits per heavy atom. The summed E-state index contributed by atoms with van der Waals surface area (Å²) in [4.78, 5) is 23.1. The van der Waals surface area contributed by atoms with Gasteiger partial charge in [0, 0.05) is 6.42 Å². The van der Waals surface area contributed by atoms with E-state index in [1.165, 1.54) is 5.56 Å². The number of rotatable bonds is 8. The maximum Gasteiger partial charge on any atom is 0.326 e. The quantitative estimate of drug-likeness (QED) is 0.773. The number of hydrogen-bond acceptors (Lipinski definition) is 2. The first-order valence-corrected chi connectivity index (χ1v) is 7.69. The Hall–Kier alpha value is -1.84. The van der Waals surface area contributed by atoms with Crippen molar-refractivity contribution in [3.8, 4) is 0 Å². The van der Waals surface area contributed by atoms with Crippen molar-refractivity contribution < 1.29 is 14.7 Å². The molecule has 1 aliphatic rings. The third-order valence-electron chi connectivity index (χ3n) is 4.08. The molecule has 1 aromatic rings. The normalized spacial score (nSPS) is 21.6. The second kappa shape index (κ2) is 7.25. The van der Waals surface area contributed by atoms with Crippen LogP contribution in [0.4, 0.5) is 0 Å². The maximum atomic E-state index is 12.0. The average Bonchev–Trinajstić information content (AvgIpc) is 3.23. The molecule has 114 valence electrons. The Labute approximate surface area is 125 Å². The second-order valence-electron chi connectivity index (χ2n) is 5.82. The highest BCUT2D eigenvalue weighted by atomic mass is 16.4. The van der Waals surface area contributed by atoms with Crippen molar-refractivity contribution in [2.45, 2.75) is 51.0 Å². The molecule has 1 aromatic carbocycles. The molecule has 0 bridgehead atoms. The van der Waals surface area contributed by atoms with Crippen molar-refractivity contribution in [3.63, 3.8) is 0 Å². The van der Waals surface area contributed by atoms with Crippen LogP contribution in [0.3, 0.4) is 0 Å².